The maximum absolute atomic E-state index is 11.9. The normalized spacial score (nSPS) is 10.6. The van der Waals surface area contributed by atoms with Crippen LogP contribution in [0.4, 0.5) is 0 Å². The topological polar surface area (TPSA) is 47.6 Å². The van der Waals surface area contributed by atoms with Crippen LogP contribution in [0.25, 0.3) is 17.2 Å². The van der Waals surface area contributed by atoms with Crippen LogP contribution in [0.2, 0.25) is 0 Å². The fraction of sp³-hybridized carbons (Fsp3) is 0.125. The average Bonchev–Trinajstić information content (AvgIpc) is 2.76. The first-order chi connectivity index (χ1) is 13.7. The van der Waals surface area contributed by atoms with E-state index < -0.39 is 0 Å². The number of ether oxygens (including phenoxy) is 2. The van der Waals surface area contributed by atoms with Gasteiger partial charge in [0.15, 0.2) is 0 Å². The van der Waals surface area contributed by atoms with Crippen molar-refractivity contribution in [1.29, 1.82) is 0 Å². The number of amides is 1. The fourth-order valence-electron chi connectivity index (χ4n) is 2.68. The van der Waals surface area contributed by atoms with Crippen molar-refractivity contribution in [3.05, 3.63) is 90.5 Å². The molecule has 1 amide bonds. The first-order valence-corrected chi connectivity index (χ1v) is 9.13. The number of methoxy groups -OCH3 is 1. The van der Waals surface area contributed by atoms with Crippen LogP contribution in [0.5, 0.6) is 11.5 Å². The molecule has 3 rings (SSSR count). The number of carbonyl (C=O) groups is 1. The van der Waals surface area contributed by atoms with Gasteiger partial charge in [-0.15, -0.1) is 0 Å². The average molecular weight is 373 g/mol. The van der Waals surface area contributed by atoms with Crippen LogP contribution in [0.15, 0.2) is 84.9 Å². The van der Waals surface area contributed by atoms with Crippen molar-refractivity contribution in [2.75, 3.05) is 20.3 Å². The van der Waals surface area contributed by atoms with E-state index in [4.69, 9.17) is 9.47 Å². The fourth-order valence-corrected chi connectivity index (χ4v) is 2.68. The minimum absolute atomic E-state index is 0.152. The lowest BCUT2D eigenvalue weighted by Gasteiger charge is -2.08. The summed E-state index contributed by atoms with van der Waals surface area (Å²) in [6.07, 6.45) is 3.33. The summed E-state index contributed by atoms with van der Waals surface area (Å²) in [5.41, 5.74) is 3.30. The van der Waals surface area contributed by atoms with Gasteiger partial charge in [0.1, 0.15) is 18.1 Å². The first-order valence-electron chi connectivity index (χ1n) is 9.13. The van der Waals surface area contributed by atoms with Crippen LogP contribution >= 0.6 is 0 Å². The Kier molecular flexibility index (Phi) is 6.85. The molecule has 0 aliphatic carbocycles. The van der Waals surface area contributed by atoms with Crippen molar-refractivity contribution in [1.82, 2.24) is 5.32 Å². The molecule has 0 aromatic heterocycles. The molecule has 0 aliphatic rings. The van der Waals surface area contributed by atoms with Gasteiger partial charge in [0.2, 0.25) is 5.91 Å². The van der Waals surface area contributed by atoms with Crippen molar-refractivity contribution in [3.63, 3.8) is 0 Å². The monoisotopic (exact) mass is 373 g/mol. The smallest absolute Gasteiger partial charge is 0.244 e. The third-order valence-electron chi connectivity index (χ3n) is 4.16. The lowest BCUT2D eigenvalue weighted by atomic mass is 10.0. The van der Waals surface area contributed by atoms with Gasteiger partial charge in [-0.2, -0.15) is 0 Å². The summed E-state index contributed by atoms with van der Waals surface area (Å²) in [4.78, 5) is 11.9. The number of nitrogens with one attached hydrogen (secondary N) is 1. The van der Waals surface area contributed by atoms with Crippen LogP contribution in [0.3, 0.4) is 0 Å². The van der Waals surface area contributed by atoms with Gasteiger partial charge in [0.25, 0.3) is 0 Å². The van der Waals surface area contributed by atoms with Crippen LogP contribution in [-0.2, 0) is 4.79 Å². The quantitative estimate of drug-likeness (QED) is 0.465. The summed E-state index contributed by atoms with van der Waals surface area (Å²) >= 11 is 0. The lowest BCUT2D eigenvalue weighted by molar-refractivity contribution is -0.116. The van der Waals surface area contributed by atoms with Crippen LogP contribution < -0.4 is 14.8 Å². The molecule has 0 spiro atoms. The Labute approximate surface area is 165 Å². The second-order valence-corrected chi connectivity index (χ2v) is 6.14. The highest BCUT2D eigenvalue weighted by molar-refractivity contribution is 5.91. The summed E-state index contributed by atoms with van der Waals surface area (Å²) in [5.74, 6) is 1.30. The van der Waals surface area contributed by atoms with E-state index >= 15 is 0 Å². The molecule has 0 atom stereocenters. The largest absolute Gasteiger partial charge is 0.497 e. The van der Waals surface area contributed by atoms with Gasteiger partial charge in [-0.05, 0) is 34.9 Å². The van der Waals surface area contributed by atoms with Gasteiger partial charge in [0.05, 0.1) is 13.7 Å². The molecule has 142 valence electrons. The Morgan fingerprint density at radius 1 is 0.893 bits per heavy atom. The summed E-state index contributed by atoms with van der Waals surface area (Å²) < 4.78 is 10.7. The Morgan fingerprint density at radius 3 is 2.36 bits per heavy atom. The minimum Gasteiger partial charge on any atom is -0.497 e. The Balaban J connectivity index is 1.43. The molecular weight excluding hydrogens is 350 g/mol. The third-order valence-corrected chi connectivity index (χ3v) is 4.16. The highest BCUT2D eigenvalue weighted by Crippen LogP contribution is 2.20. The zero-order chi connectivity index (χ0) is 19.6. The van der Waals surface area contributed by atoms with E-state index in [1.165, 1.54) is 11.6 Å². The van der Waals surface area contributed by atoms with Gasteiger partial charge in [-0.1, -0.05) is 60.7 Å². The maximum atomic E-state index is 11.9. The molecule has 28 heavy (non-hydrogen) atoms. The molecule has 0 saturated heterocycles. The van der Waals surface area contributed by atoms with E-state index in [9.17, 15) is 4.79 Å². The number of carbonyl (C=O) groups excluding carboxylic acids is 1. The molecule has 0 fully saturated rings. The molecule has 0 heterocycles. The predicted octanol–water partition coefficient (Wildman–Crippen LogP) is 4.57. The number of benzene rings is 3. The Bertz CT molecular complexity index is 918. The summed E-state index contributed by atoms with van der Waals surface area (Å²) in [5, 5.41) is 2.81. The van der Waals surface area contributed by atoms with E-state index in [0.29, 0.717) is 18.9 Å². The maximum Gasteiger partial charge on any atom is 0.244 e. The van der Waals surface area contributed by atoms with E-state index in [1.54, 1.807) is 19.3 Å². The van der Waals surface area contributed by atoms with E-state index in [0.717, 1.165) is 16.9 Å². The zero-order valence-corrected chi connectivity index (χ0v) is 15.8. The van der Waals surface area contributed by atoms with Crippen LogP contribution in [0.1, 0.15) is 5.56 Å². The zero-order valence-electron chi connectivity index (χ0n) is 15.8. The van der Waals surface area contributed by atoms with Crippen molar-refractivity contribution >= 4 is 12.0 Å². The Morgan fingerprint density at radius 2 is 1.61 bits per heavy atom. The second-order valence-electron chi connectivity index (χ2n) is 6.14. The molecule has 3 aromatic rings. The highest BCUT2D eigenvalue weighted by atomic mass is 16.5. The highest BCUT2D eigenvalue weighted by Gasteiger charge is 1.99. The molecule has 1 N–H and O–H groups in total. The predicted molar refractivity (Wildman–Crippen MR) is 112 cm³/mol. The van der Waals surface area contributed by atoms with Gasteiger partial charge in [-0.25, -0.2) is 0 Å². The third kappa shape index (κ3) is 5.74. The van der Waals surface area contributed by atoms with Crippen LogP contribution in [-0.4, -0.2) is 26.2 Å². The molecule has 0 radical (unpaired) electrons. The molecule has 0 unspecified atom stereocenters. The van der Waals surface area contributed by atoms with E-state index in [1.807, 2.05) is 48.5 Å². The molecular formula is C24H23NO3. The number of hydrogen-bond donors (Lipinski definition) is 1. The first kappa shape index (κ1) is 19.2. The molecule has 4 heteroatoms. The Hall–Kier alpha value is -3.53. The van der Waals surface area contributed by atoms with Gasteiger partial charge >= 0.3 is 0 Å². The van der Waals surface area contributed by atoms with E-state index in [-0.39, 0.29) is 5.91 Å². The van der Waals surface area contributed by atoms with E-state index in [2.05, 4.69) is 29.6 Å². The SMILES string of the molecule is COc1cccc(OCCNC(=O)C=Cc2ccc(-c3ccccc3)cc2)c1. The molecule has 3 aromatic carbocycles. The summed E-state index contributed by atoms with van der Waals surface area (Å²) in [6.45, 7) is 0.811. The molecule has 4 nitrogen and oxygen atoms in total. The van der Waals surface area contributed by atoms with Crippen molar-refractivity contribution in [3.8, 4) is 22.6 Å². The summed E-state index contributed by atoms with van der Waals surface area (Å²) in [6, 6.07) is 25.7. The molecule has 0 saturated carbocycles. The standard InChI is InChI=1S/C24H23NO3/c1-27-22-8-5-9-23(18-22)28-17-16-25-24(26)15-12-19-10-13-21(14-11-19)20-6-3-2-4-7-20/h2-15,18H,16-17H2,1H3,(H,25,26). The van der Waals surface area contributed by atoms with Gasteiger partial charge < -0.3 is 14.8 Å². The minimum atomic E-state index is -0.152. The van der Waals surface area contributed by atoms with Crippen molar-refractivity contribution in [2.45, 2.75) is 0 Å². The van der Waals surface area contributed by atoms with Gasteiger partial charge in [-0.3, -0.25) is 4.79 Å². The lowest BCUT2D eigenvalue weighted by Crippen LogP contribution is -2.26. The second kappa shape index (κ2) is 9.97. The number of hydrogen-bond acceptors (Lipinski definition) is 3. The summed E-state index contributed by atoms with van der Waals surface area (Å²) in [7, 11) is 1.61. The van der Waals surface area contributed by atoms with Crippen LogP contribution in [0, 0.1) is 0 Å². The van der Waals surface area contributed by atoms with Gasteiger partial charge in [0, 0.05) is 12.1 Å². The molecule has 0 aliphatic heterocycles. The number of rotatable bonds is 8. The molecule has 0 bridgehead atoms. The van der Waals surface area contributed by atoms with Crippen molar-refractivity contribution in [2.24, 2.45) is 0 Å². The van der Waals surface area contributed by atoms with Crippen molar-refractivity contribution < 1.29 is 14.3 Å².